The van der Waals surface area contributed by atoms with Crippen molar-refractivity contribution < 1.29 is 14.6 Å². The first-order valence-corrected chi connectivity index (χ1v) is 10.1. The van der Waals surface area contributed by atoms with Gasteiger partial charge in [-0.05, 0) is 42.9 Å². The van der Waals surface area contributed by atoms with E-state index in [1.54, 1.807) is 13.3 Å². The summed E-state index contributed by atoms with van der Waals surface area (Å²) in [7, 11) is 3.09. The number of hydrogen-bond acceptors (Lipinski definition) is 6. The van der Waals surface area contributed by atoms with Crippen LogP contribution in [0.1, 0.15) is 30.4 Å². The first kappa shape index (κ1) is 19.4. The molecule has 1 aliphatic heterocycles. The Morgan fingerprint density at radius 2 is 2.00 bits per heavy atom. The van der Waals surface area contributed by atoms with E-state index >= 15 is 0 Å². The molecule has 1 saturated heterocycles. The molecule has 0 radical (unpaired) electrons. The molecule has 7 heteroatoms. The summed E-state index contributed by atoms with van der Waals surface area (Å²) in [6.45, 7) is 2.67. The van der Waals surface area contributed by atoms with Crippen LogP contribution in [0.4, 0.5) is 0 Å². The lowest BCUT2D eigenvalue weighted by atomic mass is 9.68. The number of rotatable bonds is 5. The van der Waals surface area contributed by atoms with Crippen LogP contribution in [0.2, 0.25) is 5.02 Å². The maximum Gasteiger partial charge on any atom is 0.319 e. The molecule has 2 aromatic rings. The quantitative estimate of drug-likeness (QED) is 0.826. The first-order valence-electron chi connectivity index (χ1n) is 9.68. The second-order valence-corrected chi connectivity index (χ2v) is 8.22. The second-order valence-electron chi connectivity index (χ2n) is 7.78. The van der Waals surface area contributed by atoms with E-state index in [0.29, 0.717) is 23.8 Å². The largest absolute Gasteiger partial charge is 0.481 e. The predicted molar refractivity (Wildman–Crippen MR) is 107 cm³/mol. The topological polar surface area (TPSA) is 67.7 Å². The van der Waals surface area contributed by atoms with E-state index < -0.39 is 5.60 Å². The van der Waals surface area contributed by atoms with E-state index in [9.17, 15) is 5.11 Å². The summed E-state index contributed by atoms with van der Waals surface area (Å²) in [5.74, 6) is 0.962. The number of aromatic nitrogens is 2. The highest BCUT2D eigenvalue weighted by Crippen LogP contribution is 2.50. The molecule has 3 atom stereocenters. The van der Waals surface area contributed by atoms with Gasteiger partial charge < -0.3 is 14.6 Å². The fourth-order valence-corrected chi connectivity index (χ4v) is 4.95. The van der Waals surface area contributed by atoms with Crippen molar-refractivity contribution in [1.29, 1.82) is 0 Å². The zero-order chi connectivity index (χ0) is 19.7. The van der Waals surface area contributed by atoms with E-state index in [1.165, 1.54) is 12.7 Å². The minimum Gasteiger partial charge on any atom is -0.481 e. The smallest absolute Gasteiger partial charge is 0.319 e. The normalized spacial score (nSPS) is 27.4. The maximum absolute atomic E-state index is 11.8. The number of hydrogen-bond donors (Lipinski definition) is 1. The van der Waals surface area contributed by atoms with Crippen LogP contribution in [0, 0.1) is 11.8 Å². The number of methoxy groups -OCH3 is 2. The van der Waals surface area contributed by atoms with Crippen molar-refractivity contribution in [2.75, 3.05) is 27.3 Å². The van der Waals surface area contributed by atoms with Gasteiger partial charge in [0.05, 0.1) is 19.8 Å². The Morgan fingerprint density at radius 3 is 2.71 bits per heavy atom. The van der Waals surface area contributed by atoms with Gasteiger partial charge in [0.15, 0.2) is 0 Å². The number of nitrogens with zero attached hydrogens (tertiary/aromatic N) is 3. The highest BCUT2D eigenvalue weighted by Gasteiger charge is 2.51. The molecule has 1 aromatic heterocycles. The van der Waals surface area contributed by atoms with Gasteiger partial charge in [0, 0.05) is 36.8 Å². The number of halogens is 1. The van der Waals surface area contributed by atoms with Gasteiger partial charge in [0.2, 0.25) is 5.88 Å². The third-order valence-electron chi connectivity index (χ3n) is 6.16. The van der Waals surface area contributed by atoms with E-state index in [4.69, 9.17) is 21.1 Å². The van der Waals surface area contributed by atoms with Gasteiger partial charge in [-0.15, -0.1) is 0 Å². The summed E-state index contributed by atoms with van der Waals surface area (Å²) in [6.07, 6.45) is 4.45. The molecule has 150 valence electrons. The van der Waals surface area contributed by atoms with Crippen molar-refractivity contribution in [3.63, 3.8) is 0 Å². The number of fused-ring (bicyclic) bond motifs is 1. The number of ether oxygens (including phenoxy) is 2. The summed E-state index contributed by atoms with van der Waals surface area (Å²) >= 11 is 6.00. The molecule has 2 heterocycles. The summed E-state index contributed by atoms with van der Waals surface area (Å²) in [5.41, 5.74) is 0.908. The Kier molecular flexibility index (Phi) is 5.45. The molecule has 1 aliphatic carbocycles. The minimum absolute atomic E-state index is 0.124. The van der Waals surface area contributed by atoms with Gasteiger partial charge in [-0.1, -0.05) is 23.7 Å². The van der Waals surface area contributed by atoms with Crippen LogP contribution in [0.15, 0.2) is 30.5 Å². The van der Waals surface area contributed by atoms with Gasteiger partial charge >= 0.3 is 6.01 Å². The number of likely N-dealkylation sites (tertiary alicyclic amines) is 1. The van der Waals surface area contributed by atoms with Crippen LogP contribution in [0.5, 0.6) is 11.9 Å². The Balaban J connectivity index is 1.58. The lowest BCUT2D eigenvalue weighted by Crippen LogP contribution is -2.43. The van der Waals surface area contributed by atoms with Crippen LogP contribution in [0.3, 0.4) is 0 Å². The standard InChI is InChI=1S/C21H26ClN3O3/c1-27-19-17(10-23-20(24-19)28-2)21(26)9-3-4-15-12-25(13-18(15)21)11-14-5-7-16(22)8-6-14/h5-8,10,15,18,26H,3-4,9,11-13H2,1-2H3. The monoisotopic (exact) mass is 403 g/mol. The molecule has 4 rings (SSSR count). The van der Waals surface area contributed by atoms with Gasteiger partial charge in [-0.25, -0.2) is 4.98 Å². The number of aliphatic hydroxyl groups is 1. The molecule has 1 N–H and O–H groups in total. The molecule has 2 fully saturated rings. The zero-order valence-electron chi connectivity index (χ0n) is 16.3. The lowest BCUT2D eigenvalue weighted by Gasteiger charge is -2.41. The van der Waals surface area contributed by atoms with Gasteiger partial charge in [0.25, 0.3) is 0 Å². The average molecular weight is 404 g/mol. The maximum atomic E-state index is 11.8. The van der Waals surface area contributed by atoms with Gasteiger partial charge in [0.1, 0.15) is 5.60 Å². The van der Waals surface area contributed by atoms with E-state index in [-0.39, 0.29) is 11.9 Å². The van der Waals surface area contributed by atoms with Crippen LogP contribution in [-0.4, -0.2) is 47.3 Å². The molecule has 6 nitrogen and oxygen atoms in total. The van der Waals surface area contributed by atoms with Gasteiger partial charge in [-0.3, -0.25) is 4.90 Å². The van der Waals surface area contributed by atoms with Crippen LogP contribution in [-0.2, 0) is 12.1 Å². The SMILES string of the molecule is COc1ncc(C2(O)CCCC3CN(Cc4ccc(Cl)cc4)CC32)c(OC)n1. The van der Waals surface area contributed by atoms with Crippen molar-refractivity contribution in [2.24, 2.45) is 11.8 Å². The molecular formula is C21H26ClN3O3. The van der Waals surface area contributed by atoms with Crippen LogP contribution in [0.25, 0.3) is 0 Å². The summed E-state index contributed by atoms with van der Waals surface area (Å²) in [4.78, 5) is 11.0. The fourth-order valence-electron chi connectivity index (χ4n) is 4.83. The van der Waals surface area contributed by atoms with Crippen LogP contribution < -0.4 is 9.47 Å². The third-order valence-corrected chi connectivity index (χ3v) is 6.41. The molecule has 0 bridgehead atoms. The van der Waals surface area contributed by atoms with Crippen molar-refractivity contribution in [2.45, 2.75) is 31.4 Å². The molecule has 28 heavy (non-hydrogen) atoms. The second kappa shape index (κ2) is 7.85. The lowest BCUT2D eigenvalue weighted by molar-refractivity contribution is -0.0669. The van der Waals surface area contributed by atoms with Crippen molar-refractivity contribution >= 4 is 11.6 Å². The molecule has 0 amide bonds. The Bertz CT molecular complexity index is 832. The average Bonchev–Trinajstić information content (AvgIpc) is 3.13. The Hall–Kier alpha value is -1.89. The molecule has 1 saturated carbocycles. The highest BCUT2D eigenvalue weighted by molar-refractivity contribution is 6.30. The van der Waals surface area contributed by atoms with Crippen molar-refractivity contribution in [3.05, 3.63) is 46.6 Å². The summed E-state index contributed by atoms with van der Waals surface area (Å²) < 4.78 is 10.6. The van der Waals surface area contributed by atoms with E-state index in [2.05, 4.69) is 27.0 Å². The molecule has 3 unspecified atom stereocenters. The highest BCUT2D eigenvalue weighted by atomic mass is 35.5. The van der Waals surface area contributed by atoms with E-state index in [1.807, 2.05) is 12.1 Å². The predicted octanol–water partition coefficient (Wildman–Crippen LogP) is 3.27. The third kappa shape index (κ3) is 3.56. The minimum atomic E-state index is -0.991. The zero-order valence-corrected chi connectivity index (χ0v) is 17.0. The Labute approximate surface area is 170 Å². The first-order chi connectivity index (χ1) is 13.5. The fraction of sp³-hybridized carbons (Fsp3) is 0.524. The van der Waals surface area contributed by atoms with Crippen LogP contribution >= 0.6 is 11.6 Å². The Morgan fingerprint density at radius 1 is 1.21 bits per heavy atom. The number of benzene rings is 1. The van der Waals surface area contributed by atoms with Crippen molar-refractivity contribution in [1.82, 2.24) is 14.9 Å². The molecular weight excluding hydrogens is 378 g/mol. The summed E-state index contributed by atoms with van der Waals surface area (Å²) in [6, 6.07) is 8.23. The van der Waals surface area contributed by atoms with Crippen molar-refractivity contribution in [3.8, 4) is 11.9 Å². The molecule has 1 aromatic carbocycles. The van der Waals surface area contributed by atoms with E-state index in [0.717, 1.165) is 37.5 Å². The summed E-state index contributed by atoms with van der Waals surface area (Å²) in [5, 5.41) is 12.5. The van der Waals surface area contributed by atoms with Gasteiger partial charge in [-0.2, -0.15) is 4.98 Å². The molecule has 0 spiro atoms. The molecule has 2 aliphatic rings.